The minimum absolute atomic E-state index is 0.0303. The van der Waals surface area contributed by atoms with Gasteiger partial charge in [0.15, 0.2) is 32.6 Å². The number of thioether (sulfide) groups is 3. The van der Waals surface area contributed by atoms with Crippen LogP contribution in [0.15, 0.2) is 230 Å². The van der Waals surface area contributed by atoms with Gasteiger partial charge in [-0.3, -0.25) is 57.5 Å². The molecule has 6 aromatic heterocycles. The number of halogens is 10. The number of hydrogen-bond acceptors (Lipinski definition) is 17. The highest BCUT2D eigenvalue weighted by molar-refractivity contribution is 9.10. The third-order valence-electron chi connectivity index (χ3n) is 24.4. The molecule has 0 bridgehead atoms. The summed E-state index contributed by atoms with van der Waals surface area (Å²) in [6.45, 7) is 9.47. The van der Waals surface area contributed by atoms with Crippen LogP contribution in [0.4, 0.5) is 10.1 Å². The number of aliphatic carboxylic acids is 6. The first kappa shape index (κ1) is 107. The van der Waals surface area contributed by atoms with Crippen molar-refractivity contribution in [1.82, 2.24) is 27.4 Å². The van der Waals surface area contributed by atoms with E-state index in [1.165, 1.54) is 68.7 Å². The summed E-state index contributed by atoms with van der Waals surface area (Å²) < 4.78 is 24.0. The quantitative estimate of drug-likeness (QED) is 0.0329. The third-order valence-corrected chi connectivity index (χ3v) is 30.7. The van der Waals surface area contributed by atoms with Gasteiger partial charge in [-0.2, -0.15) is 0 Å². The van der Waals surface area contributed by atoms with Crippen molar-refractivity contribution in [3.8, 4) is 5.75 Å². The first-order valence-electron chi connectivity index (χ1n) is 44.0. The Morgan fingerprint density at radius 1 is 0.368 bits per heavy atom. The second kappa shape index (κ2) is 44.7. The molecular weight excluding hydrogens is 2140 g/mol. The summed E-state index contributed by atoms with van der Waals surface area (Å²) >= 11 is 58.2. The number of pyridine rings is 6. The summed E-state index contributed by atoms with van der Waals surface area (Å²) in [6.07, 6.45) is 9.65. The largest absolute Gasteiger partial charge is 0.506 e. The van der Waals surface area contributed by atoms with Gasteiger partial charge in [0.2, 0.25) is 0 Å². The molecule has 742 valence electrons. The highest BCUT2D eigenvalue weighted by atomic mass is 79.9. The zero-order chi connectivity index (χ0) is 105. The fourth-order valence-corrected chi connectivity index (χ4v) is 21.7. The number of hydrogen-bond donors (Lipinski definition) is 7. The summed E-state index contributed by atoms with van der Waals surface area (Å²) in [5.41, 5.74) is 6.78. The van der Waals surface area contributed by atoms with E-state index < -0.39 is 48.2 Å². The number of phenolic OH excluding ortho intramolecular Hbond substituents is 1. The molecule has 1 saturated heterocycles. The van der Waals surface area contributed by atoms with Gasteiger partial charge in [-0.15, -0.1) is 35.3 Å². The van der Waals surface area contributed by atoms with E-state index in [2.05, 4.69) is 41.6 Å². The second-order valence-electron chi connectivity index (χ2n) is 34.3. The summed E-state index contributed by atoms with van der Waals surface area (Å²) in [5, 5.41) is 72.5. The van der Waals surface area contributed by atoms with E-state index >= 15 is 0 Å². The van der Waals surface area contributed by atoms with Gasteiger partial charge < -0.3 is 68.0 Å². The Bertz CT molecular complexity index is 8830. The SMILES string of the molecule is CC(C)(C)c1ccc2c(=O)c3ccc(Cl)c(Cl)c3n(CC(=O)O)c2c1.CCc1cccc2c1c(=O)c1ccc(Cl)c(Cl)c1n2CC(=O)O.CSc1ccc2c(=O)c3ccc(O)c(Cl)c3n(CC(=O)O)c2c1.CSc1ccc2c(=O)c3ccc(SC)c(Cl)c3n(CC(=O)O)c2c1.Cc1cc2c(=O)c3ccc(N4CCCCC4)c(Cl)c3n(CC(=O)O)c2cc1F.O=C(O)Cn1c2ccccc2c(=O)c2ccc(Br)c(Cl)c21. The molecule has 7 heterocycles. The van der Waals surface area contributed by atoms with Crippen molar-refractivity contribution in [3.05, 3.63) is 310 Å². The molecule has 7 N–H and O–H groups in total. The highest BCUT2D eigenvalue weighted by Crippen LogP contribution is 2.42. The van der Waals surface area contributed by atoms with E-state index in [9.17, 15) is 92.6 Å². The van der Waals surface area contributed by atoms with Crippen LogP contribution in [0.1, 0.15) is 63.6 Å². The predicted molar refractivity (Wildman–Crippen MR) is 584 cm³/mol. The molecule has 0 unspecified atom stereocenters. The number of carbonyl (C=O) groups is 6. The molecule has 18 aromatic rings. The number of rotatable bonds is 17. The number of piperidine rings is 1. The van der Waals surface area contributed by atoms with E-state index in [1.807, 2.05) is 74.2 Å². The van der Waals surface area contributed by atoms with Crippen molar-refractivity contribution in [2.75, 3.05) is 36.8 Å². The number of fused-ring (bicyclic) bond motifs is 12. The Morgan fingerprint density at radius 2 is 0.736 bits per heavy atom. The number of carboxylic acid groups (broad SMARTS) is 6. The van der Waals surface area contributed by atoms with E-state index in [0.717, 1.165) is 63.9 Å². The number of aryl methyl sites for hydroxylation is 2. The van der Waals surface area contributed by atoms with Crippen LogP contribution in [0.5, 0.6) is 5.75 Å². The van der Waals surface area contributed by atoms with Crippen molar-refractivity contribution in [2.45, 2.75) is 120 Å². The first-order chi connectivity index (χ1) is 68.4. The van der Waals surface area contributed by atoms with Crippen molar-refractivity contribution in [2.24, 2.45) is 0 Å². The molecule has 39 heteroatoms. The zero-order valence-electron chi connectivity index (χ0n) is 77.5. The molecule has 19 rings (SSSR count). The molecule has 1 fully saturated rings. The molecule has 0 spiro atoms. The van der Waals surface area contributed by atoms with Gasteiger partial charge in [-0.25, -0.2) is 4.39 Å². The van der Waals surface area contributed by atoms with Crippen LogP contribution >= 0.6 is 144 Å². The summed E-state index contributed by atoms with van der Waals surface area (Å²) in [6, 6.07) is 50.7. The van der Waals surface area contributed by atoms with Crippen LogP contribution < -0.4 is 37.5 Å². The first-order valence-corrected chi connectivity index (χ1v) is 51.5. The van der Waals surface area contributed by atoms with Crippen LogP contribution in [0.2, 0.25) is 40.2 Å². The minimum atomic E-state index is -1.09. The van der Waals surface area contributed by atoms with Crippen molar-refractivity contribution < 1.29 is 68.9 Å². The Kier molecular flexibility index (Phi) is 33.3. The fraction of sp³-hybridized carbons (Fsp3) is 0.200. The maximum absolute atomic E-state index is 14.3. The van der Waals surface area contributed by atoms with Crippen molar-refractivity contribution in [1.29, 1.82) is 0 Å². The number of carboxylic acids is 6. The summed E-state index contributed by atoms with van der Waals surface area (Å²) in [5.74, 6) is -6.87. The van der Waals surface area contributed by atoms with Gasteiger partial charge in [0, 0.05) is 96.9 Å². The summed E-state index contributed by atoms with van der Waals surface area (Å²) in [7, 11) is 0. The predicted octanol–water partition coefficient (Wildman–Crippen LogP) is 24.6. The molecule has 26 nitrogen and oxygen atoms in total. The lowest BCUT2D eigenvalue weighted by atomic mass is 9.86. The van der Waals surface area contributed by atoms with E-state index in [-0.39, 0.29) is 123 Å². The topological polar surface area (TPSA) is 379 Å². The third kappa shape index (κ3) is 21.5. The summed E-state index contributed by atoms with van der Waals surface area (Å²) in [4.78, 5) is 150. The Morgan fingerprint density at radius 3 is 1.20 bits per heavy atom. The molecule has 0 amide bonds. The van der Waals surface area contributed by atoms with Gasteiger partial charge in [-0.05, 0) is 241 Å². The second-order valence-corrected chi connectivity index (χ2v) is 40.8. The van der Waals surface area contributed by atoms with Crippen LogP contribution in [0, 0.1) is 12.7 Å². The molecule has 0 saturated carbocycles. The van der Waals surface area contributed by atoms with E-state index in [1.54, 1.807) is 134 Å². The Labute approximate surface area is 877 Å². The van der Waals surface area contributed by atoms with E-state index in [4.69, 9.17) is 97.9 Å². The number of para-hydroxylation sites is 1. The van der Waals surface area contributed by atoms with Crippen molar-refractivity contribution >= 4 is 316 Å². The van der Waals surface area contributed by atoms with E-state index in [0.29, 0.717) is 141 Å². The number of phenols is 1. The lowest BCUT2D eigenvalue weighted by Gasteiger charge is -2.30. The number of benzene rings is 12. The van der Waals surface area contributed by atoms with Gasteiger partial charge in [0.1, 0.15) is 55.9 Å². The molecule has 1 aliphatic heterocycles. The molecule has 0 radical (unpaired) electrons. The number of aromatic hydroxyl groups is 1. The van der Waals surface area contributed by atoms with Crippen molar-refractivity contribution in [3.63, 3.8) is 0 Å². The van der Waals surface area contributed by atoms with Gasteiger partial charge >= 0.3 is 35.8 Å². The zero-order valence-corrected chi connectivity index (χ0v) is 87.6. The fourth-order valence-electron chi connectivity index (χ4n) is 17.7. The molecular formula is C105H85BrCl8FN7O19S3. The van der Waals surface area contributed by atoms with Crippen LogP contribution in [-0.4, -0.2) is 131 Å². The van der Waals surface area contributed by atoms with Crippen LogP contribution in [0.3, 0.4) is 0 Å². The standard InChI is InChI=1S/C21H20ClFN2O3.C19H17Cl2NO3.C17H13Cl2NO3.C17H14ClNO3S2.C16H12ClNO4S.C15H9BrClNO3/c1-12-9-14-17(10-15(12)23)25(11-18(26)27)20-13(21(14)28)5-6-16(19(20)22)24-7-3-2-4-8-24;1-19(2,3)10-4-5-11-14(8-10)22(9-15(23)24)17-12(18(11)25)6-7-13(20)16(17)21;1-2-9-4-3-5-12-14(9)17(23)10-6-7-11(18)15(19)16(10)20(12)8-13(21)22;1-23-9-3-4-10-12(7-9)19(8-14(20)21)16-11(17(10)22)5-6-13(24-2)15(16)18;1-23-8-2-3-9-11(6-8)18(7-13(20)21)15-10(16(9)22)4-5-12(19)14(15)17;16-10-6-5-9-14(13(10)17)18(7-12(19)20)11-4-2-1-3-8(11)15(9)21/h5-6,9-10H,2-4,7-8,11H2,1H3,(H,26,27);4-8H,9H2,1-3H3,(H,23,24);3-7H,2,8H2,1H3,(H,21,22);3-7H,8H2,1-2H3,(H,20,21);2-6,19H,7H2,1H3,(H,20,21);1-6H,7H2,(H,19,20). The number of aromatic nitrogens is 6. The van der Waals surface area contributed by atoms with Gasteiger partial charge in [0.05, 0.1) is 107 Å². The van der Waals surface area contributed by atoms with Crippen LogP contribution in [-0.2, 0) is 79.9 Å². The lowest BCUT2D eigenvalue weighted by molar-refractivity contribution is -0.138. The maximum atomic E-state index is 14.3. The molecule has 12 aromatic carbocycles. The van der Waals surface area contributed by atoms with Crippen LogP contribution in [0.25, 0.3) is 131 Å². The Hall–Kier alpha value is -12.3. The lowest BCUT2D eigenvalue weighted by Crippen LogP contribution is -2.30. The average molecular weight is 2230 g/mol. The normalized spacial score (nSPS) is 12.1. The number of anilines is 1. The van der Waals surface area contributed by atoms with Gasteiger partial charge in [-0.1, -0.05) is 151 Å². The number of nitrogens with zero attached hydrogens (tertiary/aromatic N) is 7. The molecule has 0 aliphatic carbocycles. The molecule has 1 aliphatic rings. The molecule has 144 heavy (non-hydrogen) atoms. The Balaban J connectivity index is 0.000000137. The monoisotopic (exact) mass is 2220 g/mol. The smallest absolute Gasteiger partial charge is 0.323 e. The minimum Gasteiger partial charge on any atom is -0.506 e. The maximum Gasteiger partial charge on any atom is 0.323 e. The molecule has 0 atom stereocenters. The highest BCUT2D eigenvalue weighted by Gasteiger charge is 2.28. The van der Waals surface area contributed by atoms with Gasteiger partial charge in [0.25, 0.3) is 0 Å². The average Bonchev–Trinajstić information content (AvgIpc) is 0.749.